The van der Waals surface area contributed by atoms with Crippen LogP contribution in [-0.2, 0) is 22.6 Å². The Labute approximate surface area is 200 Å². The van der Waals surface area contributed by atoms with Crippen LogP contribution in [0.3, 0.4) is 0 Å². The Balaban J connectivity index is 1.58. The van der Waals surface area contributed by atoms with Gasteiger partial charge in [-0.3, -0.25) is 18.7 Å². The molecule has 0 radical (unpaired) electrons. The Kier molecular flexibility index (Phi) is 6.00. The fourth-order valence-electron chi connectivity index (χ4n) is 4.46. The van der Waals surface area contributed by atoms with Crippen LogP contribution in [0.1, 0.15) is 44.5 Å². The molecule has 0 bridgehead atoms. The number of carbonyl (C=O) groups is 1. The molecule has 1 saturated carbocycles. The SMILES string of the molecule is CC(=O)OCCCCn1c(Cn2c(=O)n(C3CC3)c3ccccc32)nc(=O)c2ccc(Cl)cc21. The average molecular weight is 481 g/mol. The Morgan fingerprint density at radius 1 is 1.06 bits per heavy atom. The van der Waals surface area contributed by atoms with Gasteiger partial charge in [0.1, 0.15) is 5.82 Å². The normalized spacial score (nSPS) is 13.6. The van der Waals surface area contributed by atoms with Gasteiger partial charge in [-0.05, 0) is 56.0 Å². The number of rotatable bonds is 8. The first-order valence-corrected chi connectivity index (χ1v) is 11.8. The first-order chi connectivity index (χ1) is 16.4. The van der Waals surface area contributed by atoms with Gasteiger partial charge in [-0.2, -0.15) is 4.98 Å². The second-order valence-electron chi connectivity index (χ2n) is 8.65. The summed E-state index contributed by atoms with van der Waals surface area (Å²) in [6.07, 6.45) is 3.35. The molecule has 34 heavy (non-hydrogen) atoms. The molecule has 8 nitrogen and oxygen atoms in total. The number of benzene rings is 2. The van der Waals surface area contributed by atoms with E-state index in [4.69, 9.17) is 16.3 Å². The molecule has 0 saturated heterocycles. The Bertz CT molecular complexity index is 1510. The number of aryl methyl sites for hydroxylation is 1. The maximum Gasteiger partial charge on any atom is 0.329 e. The zero-order valence-electron chi connectivity index (χ0n) is 18.9. The van der Waals surface area contributed by atoms with E-state index in [0.29, 0.717) is 47.7 Å². The fourth-order valence-corrected chi connectivity index (χ4v) is 4.62. The molecule has 1 aliphatic rings. The van der Waals surface area contributed by atoms with Crippen molar-refractivity contribution in [2.75, 3.05) is 6.61 Å². The smallest absolute Gasteiger partial charge is 0.329 e. The lowest BCUT2D eigenvalue weighted by molar-refractivity contribution is -0.141. The van der Waals surface area contributed by atoms with Crippen LogP contribution in [0.5, 0.6) is 0 Å². The van der Waals surface area contributed by atoms with E-state index in [-0.39, 0.29) is 29.8 Å². The molecule has 2 aromatic heterocycles. The molecule has 0 N–H and O–H groups in total. The molecule has 0 atom stereocenters. The van der Waals surface area contributed by atoms with Crippen molar-refractivity contribution in [3.8, 4) is 0 Å². The lowest BCUT2D eigenvalue weighted by Gasteiger charge is -2.16. The maximum atomic E-state index is 13.4. The molecule has 176 valence electrons. The van der Waals surface area contributed by atoms with E-state index in [1.807, 2.05) is 33.4 Å². The van der Waals surface area contributed by atoms with Gasteiger partial charge in [0.05, 0.1) is 35.1 Å². The van der Waals surface area contributed by atoms with Crippen LogP contribution in [-0.4, -0.2) is 31.3 Å². The van der Waals surface area contributed by atoms with Crippen molar-refractivity contribution >= 4 is 39.5 Å². The molecule has 9 heteroatoms. The van der Waals surface area contributed by atoms with E-state index >= 15 is 0 Å². The summed E-state index contributed by atoms with van der Waals surface area (Å²) in [5, 5.41) is 0.987. The second kappa shape index (κ2) is 9.10. The number of hydrogen-bond donors (Lipinski definition) is 0. The quantitative estimate of drug-likeness (QED) is 0.282. The number of fused-ring (bicyclic) bond motifs is 2. The Hall–Kier alpha value is -3.39. The third kappa shape index (κ3) is 4.25. The van der Waals surface area contributed by atoms with Crippen LogP contribution >= 0.6 is 11.6 Å². The lowest BCUT2D eigenvalue weighted by atomic mass is 10.2. The number of unbranched alkanes of at least 4 members (excludes halogenated alkanes) is 1. The van der Waals surface area contributed by atoms with Crippen LogP contribution in [0.4, 0.5) is 0 Å². The highest BCUT2D eigenvalue weighted by atomic mass is 35.5. The number of carbonyl (C=O) groups excluding carboxylic acids is 1. The summed E-state index contributed by atoms with van der Waals surface area (Å²) in [6.45, 7) is 2.41. The first-order valence-electron chi connectivity index (χ1n) is 11.5. The van der Waals surface area contributed by atoms with Crippen LogP contribution in [0.25, 0.3) is 21.9 Å². The van der Waals surface area contributed by atoms with Gasteiger partial charge in [0.15, 0.2) is 0 Å². The third-order valence-electron chi connectivity index (χ3n) is 6.19. The predicted molar refractivity (Wildman–Crippen MR) is 130 cm³/mol. The number of nitrogens with zero attached hydrogens (tertiary/aromatic N) is 4. The number of halogens is 1. The standard InChI is InChI=1S/C25H25ClN4O4/c1-16(31)34-13-5-4-12-28-22-14-17(26)8-11-19(22)24(32)27-23(28)15-29-20-6-2-3-7-21(20)30(25(29)33)18-9-10-18/h2-3,6-8,11,14,18H,4-5,9-10,12-13,15H2,1H3. The number of esters is 1. The number of hydrogen-bond acceptors (Lipinski definition) is 5. The zero-order valence-corrected chi connectivity index (χ0v) is 19.6. The monoisotopic (exact) mass is 480 g/mol. The number of para-hydroxylation sites is 2. The van der Waals surface area contributed by atoms with Gasteiger partial charge < -0.3 is 9.30 Å². The maximum absolute atomic E-state index is 13.4. The summed E-state index contributed by atoms with van der Waals surface area (Å²) < 4.78 is 10.5. The molecular weight excluding hydrogens is 456 g/mol. The van der Waals surface area contributed by atoms with E-state index in [9.17, 15) is 14.4 Å². The lowest BCUT2D eigenvalue weighted by Crippen LogP contribution is -2.28. The van der Waals surface area contributed by atoms with E-state index in [1.54, 1.807) is 22.8 Å². The van der Waals surface area contributed by atoms with Crippen molar-refractivity contribution in [1.29, 1.82) is 0 Å². The topological polar surface area (TPSA) is 88.1 Å². The molecule has 0 aliphatic heterocycles. The number of ether oxygens (including phenoxy) is 1. The minimum absolute atomic E-state index is 0.0921. The molecule has 4 aromatic rings. The largest absolute Gasteiger partial charge is 0.466 e. The fraction of sp³-hybridized carbons (Fsp3) is 0.360. The molecule has 1 aliphatic carbocycles. The molecule has 5 rings (SSSR count). The van der Waals surface area contributed by atoms with E-state index < -0.39 is 0 Å². The summed E-state index contributed by atoms with van der Waals surface area (Å²) in [6, 6.07) is 13.1. The summed E-state index contributed by atoms with van der Waals surface area (Å²) >= 11 is 6.27. The minimum Gasteiger partial charge on any atom is -0.466 e. The molecule has 0 spiro atoms. The summed E-state index contributed by atoms with van der Waals surface area (Å²) in [5.74, 6) is 0.183. The van der Waals surface area contributed by atoms with Gasteiger partial charge >= 0.3 is 11.7 Å². The van der Waals surface area contributed by atoms with Gasteiger partial charge in [0.2, 0.25) is 0 Å². The highest BCUT2D eigenvalue weighted by molar-refractivity contribution is 6.31. The van der Waals surface area contributed by atoms with E-state index in [0.717, 1.165) is 23.9 Å². The molecule has 2 aromatic carbocycles. The molecular formula is C25H25ClN4O4. The van der Waals surface area contributed by atoms with E-state index in [1.165, 1.54) is 6.92 Å². The van der Waals surface area contributed by atoms with Gasteiger partial charge in [-0.1, -0.05) is 23.7 Å². The second-order valence-corrected chi connectivity index (χ2v) is 9.09. The van der Waals surface area contributed by atoms with Crippen LogP contribution in [0, 0.1) is 0 Å². The van der Waals surface area contributed by atoms with Crippen molar-refractivity contribution in [3.63, 3.8) is 0 Å². The summed E-state index contributed by atoms with van der Waals surface area (Å²) in [4.78, 5) is 41.7. The highest BCUT2D eigenvalue weighted by Gasteiger charge is 2.29. The van der Waals surface area contributed by atoms with Crippen molar-refractivity contribution < 1.29 is 9.53 Å². The minimum atomic E-state index is -0.350. The first kappa shape index (κ1) is 22.4. The van der Waals surface area contributed by atoms with Gasteiger partial charge in [0.25, 0.3) is 5.56 Å². The molecule has 0 amide bonds. The van der Waals surface area contributed by atoms with Crippen LogP contribution < -0.4 is 11.2 Å². The predicted octanol–water partition coefficient (Wildman–Crippen LogP) is 3.89. The average Bonchev–Trinajstić information content (AvgIpc) is 3.60. The van der Waals surface area contributed by atoms with Gasteiger partial charge in [-0.25, -0.2) is 4.79 Å². The molecule has 0 unspecified atom stereocenters. The zero-order chi connectivity index (χ0) is 23.8. The van der Waals surface area contributed by atoms with Crippen molar-refractivity contribution in [2.45, 2.75) is 51.7 Å². The third-order valence-corrected chi connectivity index (χ3v) is 6.42. The van der Waals surface area contributed by atoms with Gasteiger partial charge in [-0.15, -0.1) is 0 Å². The van der Waals surface area contributed by atoms with Crippen LogP contribution in [0.15, 0.2) is 52.1 Å². The van der Waals surface area contributed by atoms with Crippen molar-refractivity contribution in [3.05, 3.63) is 74.1 Å². The summed E-state index contributed by atoms with van der Waals surface area (Å²) in [5.41, 5.74) is 1.95. The Morgan fingerprint density at radius 2 is 1.82 bits per heavy atom. The molecule has 2 heterocycles. The van der Waals surface area contributed by atoms with E-state index in [2.05, 4.69) is 4.98 Å². The molecule has 1 fully saturated rings. The van der Waals surface area contributed by atoms with Gasteiger partial charge in [0, 0.05) is 24.5 Å². The summed E-state index contributed by atoms with van der Waals surface area (Å²) in [7, 11) is 0. The van der Waals surface area contributed by atoms with Crippen LogP contribution in [0.2, 0.25) is 5.02 Å². The van der Waals surface area contributed by atoms with Crippen molar-refractivity contribution in [2.24, 2.45) is 0 Å². The van der Waals surface area contributed by atoms with Crippen molar-refractivity contribution in [1.82, 2.24) is 18.7 Å². The Morgan fingerprint density at radius 3 is 2.56 bits per heavy atom. The highest BCUT2D eigenvalue weighted by Crippen LogP contribution is 2.36. The number of imidazole rings is 1. The number of aromatic nitrogens is 4.